The number of rotatable bonds is 4. The van der Waals surface area contributed by atoms with Crippen molar-refractivity contribution in [2.24, 2.45) is 0 Å². The third kappa shape index (κ3) is 3.63. The molecule has 3 unspecified atom stereocenters. The van der Waals surface area contributed by atoms with Crippen molar-refractivity contribution in [1.82, 2.24) is 15.8 Å². The number of amides is 1. The number of benzene rings is 2. The lowest BCUT2D eigenvalue weighted by molar-refractivity contribution is -0.134. The SMILES string of the molecule is O=C(C1CC(c2ccccc2Cl)NN1)N1CCCC1Cc1ccccc1. The van der Waals surface area contributed by atoms with E-state index in [1.807, 2.05) is 30.3 Å². The highest BCUT2D eigenvalue weighted by Crippen LogP contribution is 2.30. The Morgan fingerprint density at radius 2 is 1.85 bits per heavy atom. The maximum Gasteiger partial charge on any atom is 0.241 e. The molecule has 0 aliphatic carbocycles. The van der Waals surface area contributed by atoms with Crippen LogP contribution >= 0.6 is 11.6 Å². The van der Waals surface area contributed by atoms with Gasteiger partial charge in [-0.2, -0.15) is 0 Å². The molecule has 4 nitrogen and oxygen atoms in total. The largest absolute Gasteiger partial charge is 0.338 e. The molecule has 26 heavy (non-hydrogen) atoms. The summed E-state index contributed by atoms with van der Waals surface area (Å²) in [6.07, 6.45) is 3.81. The second-order valence-corrected chi connectivity index (χ2v) is 7.58. The van der Waals surface area contributed by atoms with E-state index >= 15 is 0 Å². The molecular weight excluding hydrogens is 346 g/mol. The van der Waals surface area contributed by atoms with Gasteiger partial charge in [-0.25, -0.2) is 10.9 Å². The first-order valence-corrected chi connectivity index (χ1v) is 9.70. The number of likely N-dealkylation sites (tertiary alicyclic amines) is 1. The zero-order valence-electron chi connectivity index (χ0n) is 14.7. The van der Waals surface area contributed by atoms with E-state index in [2.05, 4.69) is 40.0 Å². The number of halogens is 1. The molecule has 1 amide bonds. The molecular formula is C21H24ClN3O. The fourth-order valence-corrected chi connectivity index (χ4v) is 4.37. The normalized spacial score (nSPS) is 25.6. The van der Waals surface area contributed by atoms with Gasteiger partial charge in [0.1, 0.15) is 6.04 Å². The van der Waals surface area contributed by atoms with Gasteiger partial charge in [0.05, 0.1) is 0 Å². The number of hydrazine groups is 1. The Bertz CT molecular complexity index is 767. The highest BCUT2D eigenvalue weighted by atomic mass is 35.5. The quantitative estimate of drug-likeness (QED) is 0.867. The number of nitrogens with zero attached hydrogens (tertiary/aromatic N) is 1. The summed E-state index contributed by atoms with van der Waals surface area (Å²) in [5.41, 5.74) is 8.78. The van der Waals surface area contributed by atoms with E-state index in [1.54, 1.807) is 0 Å². The Morgan fingerprint density at radius 1 is 1.08 bits per heavy atom. The van der Waals surface area contributed by atoms with E-state index in [-0.39, 0.29) is 18.0 Å². The number of hydrogen-bond acceptors (Lipinski definition) is 3. The maximum absolute atomic E-state index is 13.1. The second-order valence-electron chi connectivity index (χ2n) is 7.17. The van der Waals surface area contributed by atoms with Crippen LogP contribution in [0.1, 0.15) is 36.4 Å². The average molecular weight is 370 g/mol. The zero-order valence-corrected chi connectivity index (χ0v) is 15.5. The molecule has 3 atom stereocenters. The highest BCUT2D eigenvalue weighted by molar-refractivity contribution is 6.31. The smallest absolute Gasteiger partial charge is 0.241 e. The monoisotopic (exact) mass is 369 g/mol. The van der Waals surface area contributed by atoms with Crippen LogP contribution in [0, 0.1) is 0 Å². The van der Waals surface area contributed by atoms with Crippen LogP contribution in [0.25, 0.3) is 0 Å². The van der Waals surface area contributed by atoms with Crippen molar-refractivity contribution >= 4 is 17.5 Å². The van der Waals surface area contributed by atoms with E-state index in [0.717, 1.165) is 42.8 Å². The topological polar surface area (TPSA) is 44.4 Å². The summed E-state index contributed by atoms with van der Waals surface area (Å²) >= 11 is 6.31. The molecule has 0 aromatic heterocycles. The van der Waals surface area contributed by atoms with Gasteiger partial charge in [0.25, 0.3) is 0 Å². The molecule has 2 saturated heterocycles. The molecule has 2 fully saturated rings. The van der Waals surface area contributed by atoms with Crippen LogP contribution in [-0.2, 0) is 11.2 Å². The zero-order chi connectivity index (χ0) is 17.9. The molecule has 2 aromatic rings. The van der Waals surface area contributed by atoms with Gasteiger partial charge in [0.2, 0.25) is 5.91 Å². The summed E-state index contributed by atoms with van der Waals surface area (Å²) in [5, 5.41) is 0.739. The van der Waals surface area contributed by atoms with E-state index < -0.39 is 0 Å². The lowest BCUT2D eigenvalue weighted by Crippen LogP contribution is -2.47. The Morgan fingerprint density at radius 3 is 2.65 bits per heavy atom. The maximum atomic E-state index is 13.1. The number of carbonyl (C=O) groups is 1. The minimum Gasteiger partial charge on any atom is -0.338 e. The van der Waals surface area contributed by atoms with Gasteiger partial charge in [-0.1, -0.05) is 60.1 Å². The fraction of sp³-hybridized carbons (Fsp3) is 0.381. The molecule has 5 heteroatoms. The first-order valence-electron chi connectivity index (χ1n) is 9.32. The molecule has 2 aliphatic rings. The summed E-state index contributed by atoms with van der Waals surface area (Å²) < 4.78 is 0. The summed E-state index contributed by atoms with van der Waals surface area (Å²) in [6, 6.07) is 18.4. The summed E-state index contributed by atoms with van der Waals surface area (Å²) in [6.45, 7) is 0.852. The van der Waals surface area contributed by atoms with Crippen LogP contribution in [0.2, 0.25) is 5.02 Å². The van der Waals surface area contributed by atoms with Crippen LogP contribution in [0.5, 0.6) is 0 Å². The Kier molecular flexibility index (Phi) is 5.25. The summed E-state index contributed by atoms with van der Waals surface area (Å²) in [4.78, 5) is 15.2. The summed E-state index contributed by atoms with van der Waals surface area (Å²) in [5.74, 6) is 0.200. The number of carbonyl (C=O) groups excluding carboxylic acids is 1. The third-order valence-corrected chi connectivity index (χ3v) is 5.80. The van der Waals surface area contributed by atoms with Crippen molar-refractivity contribution in [3.05, 3.63) is 70.7 Å². The van der Waals surface area contributed by atoms with Gasteiger partial charge in [0, 0.05) is 23.7 Å². The van der Waals surface area contributed by atoms with Gasteiger partial charge < -0.3 is 4.90 Å². The van der Waals surface area contributed by atoms with E-state index in [1.165, 1.54) is 5.56 Å². The Labute approximate surface area is 159 Å². The lowest BCUT2D eigenvalue weighted by atomic mass is 10.0. The number of hydrogen-bond donors (Lipinski definition) is 2. The molecule has 2 N–H and O–H groups in total. The second kappa shape index (κ2) is 7.78. The molecule has 2 heterocycles. The van der Waals surface area contributed by atoms with Crippen LogP contribution in [-0.4, -0.2) is 29.4 Å². The van der Waals surface area contributed by atoms with Crippen LogP contribution in [0.15, 0.2) is 54.6 Å². The van der Waals surface area contributed by atoms with Crippen molar-refractivity contribution in [2.45, 2.75) is 43.8 Å². The first kappa shape index (κ1) is 17.5. The predicted octanol–water partition coefficient (Wildman–Crippen LogP) is 3.48. The van der Waals surface area contributed by atoms with Crippen LogP contribution in [0.4, 0.5) is 0 Å². The molecule has 136 valence electrons. The fourth-order valence-electron chi connectivity index (χ4n) is 4.10. The van der Waals surface area contributed by atoms with E-state index in [9.17, 15) is 4.79 Å². The lowest BCUT2D eigenvalue weighted by Gasteiger charge is -2.27. The Balaban J connectivity index is 1.42. The molecule has 4 rings (SSSR count). The highest BCUT2D eigenvalue weighted by Gasteiger charge is 2.37. The molecule has 2 aromatic carbocycles. The van der Waals surface area contributed by atoms with Gasteiger partial charge >= 0.3 is 0 Å². The predicted molar refractivity (Wildman–Crippen MR) is 104 cm³/mol. The molecule has 0 saturated carbocycles. The van der Waals surface area contributed by atoms with Crippen molar-refractivity contribution in [3.8, 4) is 0 Å². The van der Waals surface area contributed by atoms with Gasteiger partial charge in [0.15, 0.2) is 0 Å². The molecule has 0 radical (unpaired) electrons. The van der Waals surface area contributed by atoms with E-state index in [0.29, 0.717) is 6.04 Å². The third-order valence-electron chi connectivity index (χ3n) is 5.46. The van der Waals surface area contributed by atoms with Crippen molar-refractivity contribution in [2.75, 3.05) is 6.54 Å². The standard InChI is InChI=1S/C21H24ClN3O/c22-18-11-5-4-10-17(18)19-14-20(24-23-19)21(26)25-12-6-9-16(25)13-15-7-2-1-3-8-15/h1-5,7-8,10-11,16,19-20,23-24H,6,9,12-14H2. The van der Waals surface area contributed by atoms with Crippen molar-refractivity contribution < 1.29 is 4.79 Å². The van der Waals surface area contributed by atoms with Crippen molar-refractivity contribution in [1.29, 1.82) is 0 Å². The van der Waals surface area contributed by atoms with Gasteiger partial charge in [-0.3, -0.25) is 4.79 Å². The van der Waals surface area contributed by atoms with Crippen molar-refractivity contribution in [3.63, 3.8) is 0 Å². The summed E-state index contributed by atoms with van der Waals surface area (Å²) in [7, 11) is 0. The molecule has 0 bridgehead atoms. The Hall–Kier alpha value is -1.88. The number of nitrogens with one attached hydrogen (secondary N) is 2. The van der Waals surface area contributed by atoms with Crippen LogP contribution < -0.4 is 10.9 Å². The van der Waals surface area contributed by atoms with Gasteiger partial charge in [-0.05, 0) is 42.9 Å². The van der Waals surface area contributed by atoms with Gasteiger partial charge in [-0.15, -0.1) is 0 Å². The van der Waals surface area contributed by atoms with Crippen LogP contribution in [0.3, 0.4) is 0 Å². The molecule has 0 spiro atoms. The minimum atomic E-state index is -0.201. The minimum absolute atomic E-state index is 0.0628. The first-order chi connectivity index (χ1) is 12.7. The molecule has 2 aliphatic heterocycles. The van der Waals surface area contributed by atoms with E-state index in [4.69, 9.17) is 11.6 Å². The average Bonchev–Trinajstić information content (AvgIpc) is 3.32.